The Hall–Kier alpha value is -2.65. The lowest BCUT2D eigenvalue weighted by Crippen LogP contribution is -2.28. The molecule has 9 heteroatoms. The highest BCUT2D eigenvalue weighted by Crippen LogP contribution is 2.34. The number of benzene rings is 2. The van der Waals surface area contributed by atoms with Gasteiger partial charge in [0.05, 0.1) is 15.5 Å². The van der Waals surface area contributed by atoms with E-state index in [4.69, 9.17) is 9.47 Å². The van der Waals surface area contributed by atoms with Crippen molar-refractivity contribution in [1.82, 2.24) is 0 Å². The summed E-state index contributed by atoms with van der Waals surface area (Å²) in [7, 11) is -3.29. The predicted molar refractivity (Wildman–Crippen MR) is 100 cm³/mol. The maximum atomic E-state index is 11.6. The van der Waals surface area contributed by atoms with Gasteiger partial charge in [0, 0.05) is 37.6 Å². The number of nitro groups is 1. The lowest BCUT2D eigenvalue weighted by Gasteiger charge is -2.25. The molecular formula is C18H20N2O6S. The minimum Gasteiger partial charge on any atom is -0.455 e. The third-order valence-electron chi connectivity index (χ3n) is 4.23. The van der Waals surface area contributed by atoms with Crippen LogP contribution in [-0.4, -0.2) is 38.9 Å². The summed E-state index contributed by atoms with van der Waals surface area (Å²) in [6, 6.07) is 10.5. The van der Waals surface area contributed by atoms with Crippen LogP contribution >= 0.6 is 0 Å². The van der Waals surface area contributed by atoms with E-state index < -0.39 is 14.8 Å². The maximum Gasteiger partial charge on any atom is 0.271 e. The van der Waals surface area contributed by atoms with Crippen molar-refractivity contribution in [2.75, 3.05) is 24.8 Å². The molecule has 27 heavy (non-hydrogen) atoms. The van der Waals surface area contributed by atoms with Gasteiger partial charge in [0.2, 0.25) is 0 Å². The van der Waals surface area contributed by atoms with Crippen LogP contribution in [0.3, 0.4) is 0 Å². The first kappa shape index (κ1) is 19.1. The topological polar surface area (TPSA) is 108 Å². The van der Waals surface area contributed by atoms with Crippen LogP contribution in [0.2, 0.25) is 0 Å². The first-order valence-electron chi connectivity index (χ1n) is 8.43. The third-order valence-corrected chi connectivity index (χ3v) is 5.36. The summed E-state index contributed by atoms with van der Waals surface area (Å²) in [5.74, 6) is 0.866. The number of nitro benzene ring substituents is 1. The average molecular weight is 392 g/mol. The Morgan fingerprint density at radius 1 is 1.15 bits per heavy atom. The average Bonchev–Trinajstić information content (AvgIpc) is 2.63. The number of rotatable bonds is 6. The smallest absolute Gasteiger partial charge is 0.271 e. The highest BCUT2D eigenvalue weighted by molar-refractivity contribution is 7.90. The summed E-state index contributed by atoms with van der Waals surface area (Å²) in [6.07, 6.45) is 2.73. The molecule has 1 saturated heterocycles. The minimum absolute atomic E-state index is 0.0377. The molecule has 0 atom stereocenters. The van der Waals surface area contributed by atoms with Gasteiger partial charge in [0.15, 0.2) is 15.6 Å². The molecule has 0 radical (unpaired) electrons. The first-order chi connectivity index (χ1) is 12.8. The summed E-state index contributed by atoms with van der Waals surface area (Å²) in [4.78, 5) is 10.8. The van der Waals surface area contributed by atoms with Crippen LogP contribution in [0.25, 0.3) is 0 Å². The van der Waals surface area contributed by atoms with Crippen molar-refractivity contribution in [2.45, 2.75) is 23.8 Å². The van der Waals surface area contributed by atoms with E-state index in [2.05, 4.69) is 5.32 Å². The van der Waals surface area contributed by atoms with Gasteiger partial charge in [-0.3, -0.25) is 10.1 Å². The van der Waals surface area contributed by atoms with E-state index in [-0.39, 0.29) is 16.6 Å². The number of anilines is 1. The highest BCUT2D eigenvalue weighted by Gasteiger charge is 2.18. The fraction of sp³-hybridized carbons (Fsp3) is 0.333. The van der Waals surface area contributed by atoms with Crippen molar-refractivity contribution in [2.24, 2.45) is 0 Å². The summed E-state index contributed by atoms with van der Waals surface area (Å²) in [6.45, 7) is 1.27. The molecule has 0 amide bonds. The molecule has 1 aliphatic heterocycles. The molecular weight excluding hydrogens is 372 g/mol. The Morgan fingerprint density at radius 3 is 2.41 bits per heavy atom. The fourth-order valence-corrected chi connectivity index (χ4v) is 3.41. The van der Waals surface area contributed by atoms with E-state index in [1.807, 2.05) is 0 Å². The number of nitrogens with one attached hydrogen (secondary N) is 1. The van der Waals surface area contributed by atoms with Gasteiger partial charge in [-0.15, -0.1) is 0 Å². The number of hydrogen-bond acceptors (Lipinski definition) is 7. The van der Waals surface area contributed by atoms with Gasteiger partial charge in [-0.05, 0) is 43.2 Å². The second-order valence-electron chi connectivity index (χ2n) is 6.31. The van der Waals surface area contributed by atoms with E-state index in [9.17, 15) is 18.5 Å². The summed E-state index contributed by atoms with van der Waals surface area (Å²) >= 11 is 0. The monoisotopic (exact) mass is 392 g/mol. The Labute approximate surface area is 157 Å². The highest BCUT2D eigenvalue weighted by atomic mass is 32.2. The zero-order chi connectivity index (χ0) is 19.4. The van der Waals surface area contributed by atoms with E-state index in [1.54, 1.807) is 12.1 Å². The minimum atomic E-state index is -3.29. The van der Waals surface area contributed by atoms with Gasteiger partial charge >= 0.3 is 0 Å². The van der Waals surface area contributed by atoms with Crippen LogP contribution < -0.4 is 10.1 Å². The quantitative estimate of drug-likeness (QED) is 0.593. The van der Waals surface area contributed by atoms with Crippen LogP contribution in [0.4, 0.5) is 11.4 Å². The fourth-order valence-electron chi connectivity index (χ4n) is 2.78. The van der Waals surface area contributed by atoms with Gasteiger partial charge in [-0.2, -0.15) is 0 Å². The van der Waals surface area contributed by atoms with Gasteiger partial charge in [0.25, 0.3) is 5.69 Å². The van der Waals surface area contributed by atoms with Crippen molar-refractivity contribution in [3.63, 3.8) is 0 Å². The molecule has 1 N–H and O–H groups in total. The van der Waals surface area contributed by atoms with E-state index in [1.165, 1.54) is 30.3 Å². The largest absolute Gasteiger partial charge is 0.455 e. The molecule has 0 aromatic heterocycles. The van der Waals surface area contributed by atoms with Crippen LogP contribution in [-0.2, 0) is 14.6 Å². The molecule has 1 heterocycles. The number of nitrogens with zero attached hydrogens (tertiary/aromatic N) is 1. The Balaban J connectivity index is 1.85. The normalized spacial score (nSPS) is 15.3. The Kier molecular flexibility index (Phi) is 5.62. The zero-order valence-electron chi connectivity index (χ0n) is 14.8. The van der Waals surface area contributed by atoms with E-state index in [0.29, 0.717) is 30.4 Å². The maximum absolute atomic E-state index is 11.6. The van der Waals surface area contributed by atoms with Crippen molar-refractivity contribution < 1.29 is 22.8 Å². The number of ether oxygens (including phenoxy) is 2. The molecule has 0 aliphatic carbocycles. The predicted octanol–water partition coefficient (Wildman–Crippen LogP) is 3.38. The standard InChI is InChI=1S/C18H20N2O6S/c1-27(23,24)16-5-3-15(4-6-16)26-18-7-2-14(20(21)22)12-17(18)19-13-8-10-25-11-9-13/h2-7,12-13,19H,8-11H2,1H3. The van der Waals surface area contributed by atoms with Crippen molar-refractivity contribution >= 4 is 21.2 Å². The molecule has 0 unspecified atom stereocenters. The van der Waals surface area contributed by atoms with E-state index >= 15 is 0 Å². The Morgan fingerprint density at radius 2 is 1.81 bits per heavy atom. The SMILES string of the molecule is CS(=O)(=O)c1ccc(Oc2ccc([N+](=O)[O-])cc2NC2CCOCC2)cc1. The van der Waals surface area contributed by atoms with Crippen LogP contribution in [0, 0.1) is 10.1 Å². The second kappa shape index (κ2) is 7.93. The summed E-state index contributed by atoms with van der Waals surface area (Å²) < 4.78 is 34.3. The third kappa shape index (κ3) is 4.95. The molecule has 1 fully saturated rings. The van der Waals surface area contributed by atoms with Gasteiger partial charge in [-0.1, -0.05) is 0 Å². The lowest BCUT2D eigenvalue weighted by atomic mass is 10.1. The number of non-ortho nitro benzene ring substituents is 1. The molecule has 144 valence electrons. The van der Waals surface area contributed by atoms with Crippen LogP contribution in [0.5, 0.6) is 11.5 Å². The molecule has 0 saturated carbocycles. The summed E-state index contributed by atoms with van der Waals surface area (Å²) in [5, 5.41) is 14.4. The first-order valence-corrected chi connectivity index (χ1v) is 10.3. The molecule has 1 aliphatic rings. The van der Waals surface area contributed by atoms with Crippen LogP contribution in [0.15, 0.2) is 47.4 Å². The van der Waals surface area contributed by atoms with Gasteiger partial charge in [0.1, 0.15) is 5.75 Å². The molecule has 0 bridgehead atoms. The van der Waals surface area contributed by atoms with Crippen molar-refractivity contribution in [3.8, 4) is 11.5 Å². The molecule has 0 spiro atoms. The van der Waals surface area contributed by atoms with Gasteiger partial charge in [-0.25, -0.2) is 8.42 Å². The van der Waals surface area contributed by atoms with Crippen molar-refractivity contribution in [1.29, 1.82) is 0 Å². The molecule has 3 rings (SSSR count). The van der Waals surface area contributed by atoms with Gasteiger partial charge < -0.3 is 14.8 Å². The Bertz CT molecular complexity index is 921. The number of sulfone groups is 1. The second-order valence-corrected chi connectivity index (χ2v) is 8.33. The number of hydrogen-bond donors (Lipinski definition) is 1. The zero-order valence-corrected chi connectivity index (χ0v) is 15.6. The van der Waals surface area contributed by atoms with Crippen molar-refractivity contribution in [3.05, 3.63) is 52.6 Å². The summed E-state index contributed by atoms with van der Waals surface area (Å²) in [5.41, 5.74) is 0.479. The van der Waals surface area contributed by atoms with E-state index in [0.717, 1.165) is 19.1 Å². The molecule has 2 aromatic rings. The lowest BCUT2D eigenvalue weighted by molar-refractivity contribution is -0.384. The molecule has 2 aromatic carbocycles. The van der Waals surface area contributed by atoms with Crippen LogP contribution in [0.1, 0.15) is 12.8 Å². The molecule has 8 nitrogen and oxygen atoms in total.